The molecular weight excluding hydrogens is 310 g/mol. The molecule has 8 heteroatoms. The number of likely N-dealkylation sites (tertiary alicyclic amines) is 1. The summed E-state index contributed by atoms with van der Waals surface area (Å²) in [5.41, 5.74) is 0. The minimum absolute atomic E-state index is 0.116. The van der Waals surface area contributed by atoms with Crippen LogP contribution in [0.4, 0.5) is 0 Å². The molecule has 3 rings (SSSR count). The van der Waals surface area contributed by atoms with E-state index in [9.17, 15) is 4.79 Å². The number of amides is 1. The van der Waals surface area contributed by atoms with Gasteiger partial charge in [-0.3, -0.25) is 4.79 Å². The summed E-state index contributed by atoms with van der Waals surface area (Å²) in [6, 6.07) is 0. The Labute approximate surface area is 140 Å². The van der Waals surface area contributed by atoms with Gasteiger partial charge in [0.1, 0.15) is 13.2 Å². The third-order valence-electron chi connectivity index (χ3n) is 4.11. The lowest BCUT2D eigenvalue weighted by molar-refractivity contribution is -0.134. The number of hydrogen-bond acceptors (Lipinski definition) is 6. The molecule has 1 aliphatic rings. The van der Waals surface area contributed by atoms with Gasteiger partial charge in [0, 0.05) is 31.4 Å². The highest BCUT2D eigenvalue weighted by Gasteiger charge is 2.24. The van der Waals surface area contributed by atoms with Crippen molar-refractivity contribution in [3.8, 4) is 0 Å². The predicted octanol–water partition coefficient (Wildman–Crippen LogP) is 1.60. The van der Waals surface area contributed by atoms with Crippen LogP contribution in [0.15, 0.2) is 23.2 Å². The first-order valence-electron chi connectivity index (χ1n) is 8.29. The van der Waals surface area contributed by atoms with Gasteiger partial charge in [-0.15, -0.1) is 0 Å². The van der Waals surface area contributed by atoms with E-state index in [1.165, 1.54) is 0 Å². The Hall–Kier alpha value is -2.22. The van der Waals surface area contributed by atoms with E-state index >= 15 is 0 Å². The Morgan fingerprint density at radius 3 is 2.83 bits per heavy atom. The number of rotatable bonds is 6. The van der Waals surface area contributed by atoms with E-state index in [2.05, 4.69) is 15.1 Å². The summed E-state index contributed by atoms with van der Waals surface area (Å²) in [6.45, 7) is 6.12. The van der Waals surface area contributed by atoms with Crippen LogP contribution in [0.2, 0.25) is 0 Å². The van der Waals surface area contributed by atoms with Gasteiger partial charge in [-0.2, -0.15) is 4.98 Å². The maximum absolute atomic E-state index is 12.2. The van der Waals surface area contributed by atoms with Gasteiger partial charge in [-0.1, -0.05) is 19.0 Å². The largest absolute Gasteiger partial charge is 0.368 e. The number of nitrogens with zero attached hydrogens (tertiary/aromatic N) is 5. The molecular formula is C16H23N5O3. The molecule has 0 atom stereocenters. The molecule has 0 unspecified atom stereocenters. The maximum Gasteiger partial charge on any atom is 0.252 e. The number of imidazole rings is 1. The smallest absolute Gasteiger partial charge is 0.252 e. The molecule has 2 aromatic rings. The van der Waals surface area contributed by atoms with Crippen molar-refractivity contribution in [2.75, 3.05) is 13.1 Å². The van der Waals surface area contributed by atoms with Gasteiger partial charge in [0.05, 0.1) is 12.4 Å². The highest BCUT2D eigenvalue weighted by atomic mass is 16.5. The maximum atomic E-state index is 12.2. The van der Waals surface area contributed by atoms with E-state index in [1.807, 2.05) is 18.7 Å². The highest BCUT2D eigenvalue weighted by Crippen LogP contribution is 2.17. The molecule has 0 aliphatic carbocycles. The van der Waals surface area contributed by atoms with Gasteiger partial charge in [-0.05, 0) is 12.8 Å². The normalized spacial score (nSPS) is 16.0. The van der Waals surface area contributed by atoms with E-state index in [4.69, 9.17) is 9.26 Å². The Kier molecular flexibility index (Phi) is 5.24. The van der Waals surface area contributed by atoms with Gasteiger partial charge < -0.3 is 18.7 Å². The summed E-state index contributed by atoms with van der Waals surface area (Å²) < 4.78 is 12.8. The van der Waals surface area contributed by atoms with Crippen molar-refractivity contribution in [2.24, 2.45) is 0 Å². The van der Waals surface area contributed by atoms with Crippen molar-refractivity contribution >= 4 is 5.91 Å². The van der Waals surface area contributed by atoms with Crippen LogP contribution < -0.4 is 0 Å². The second-order valence-corrected chi connectivity index (χ2v) is 6.33. The SMILES string of the molecule is CC(C)c1noc(COC2CCN(C(=O)Cn3ccnc3)CC2)n1. The highest BCUT2D eigenvalue weighted by molar-refractivity contribution is 5.76. The zero-order valence-corrected chi connectivity index (χ0v) is 14.1. The average Bonchev–Trinajstić information content (AvgIpc) is 3.25. The summed E-state index contributed by atoms with van der Waals surface area (Å²) >= 11 is 0. The van der Waals surface area contributed by atoms with Crippen LogP contribution >= 0.6 is 0 Å². The lowest BCUT2D eigenvalue weighted by atomic mass is 10.1. The minimum atomic E-state index is 0.116. The van der Waals surface area contributed by atoms with Crippen LogP contribution in [-0.2, 0) is 22.7 Å². The molecule has 1 fully saturated rings. The van der Waals surface area contributed by atoms with Gasteiger partial charge in [0.15, 0.2) is 5.82 Å². The standard InChI is InChI=1S/C16H23N5O3/c1-12(2)16-18-14(24-19-16)10-23-13-3-6-21(7-4-13)15(22)9-20-8-5-17-11-20/h5,8,11-13H,3-4,6-7,9-10H2,1-2H3. The molecule has 1 saturated heterocycles. The third kappa shape index (κ3) is 4.19. The number of aromatic nitrogens is 4. The molecule has 24 heavy (non-hydrogen) atoms. The minimum Gasteiger partial charge on any atom is -0.368 e. The van der Waals surface area contributed by atoms with Crippen molar-refractivity contribution in [3.63, 3.8) is 0 Å². The molecule has 0 aromatic carbocycles. The quantitative estimate of drug-likeness (QED) is 0.798. The molecule has 1 aliphatic heterocycles. The molecule has 0 bridgehead atoms. The van der Waals surface area contributed by atoms with Gasteiger partial charge in [-0.25, -0.2) is 4.98 Å². The Balaban J connectivity index is 1.40. The lowest BCUT2D eigenvalue weighted by Crippen LogP contribution is -2.42. The van der Waals surface area contributed by atoms with Crippen molar-refractivity contribution in [1.29, 1.82) is 0 Å². The van der Waals surface area contributed by atoms with E-state index in [0.717, 1.165) is 12.8 Å². The first-order valence-corrected chi connectivity index (χ1v) is 8.29. The zero-order chi connectivity index (χ0) is 16.9. The molecule has 130 valence electrons. The Morgan fingerprint density at radius 2 is 2.21 bits per heavy atom. The van der Waals surface area contributed by atoms with Crippen LogP contribution in [0.25, 0.3) is 0 Å². The van der Waals surface area contributed by atoms with Crippen LogP contribution in [0.3, 0.4) is 0 Å². The van der Waals surface area contributed by atoms with Gasteiger partial charge in [0.2, 0.25) is 5.91 Å². The van der Waals surface area contributed by atoms with E-state index in [1.54, 1.807) is 23.3 Å². The van der Waals surface area contributed by atoms with E-state index in [-0.39, 0.29) is 17.9 Å². The van der Waals surface area contributed by atoms with Gasteiger partial charge in [0.25, 0.3) is 5.89 Å². The molecule has 0 N–H and O–H groups in total. The number of carbonyl (C=O) groups is 1. The molecule has 0 spiro atoms. The Morgan fingerprint density at radius 1 is 1.42 bits per heavy atom. The monoisotopic (exact) mass is 333 g/mol. The molecule has 0 saturated carbocycles. The lowest BCUT2D eigenvalue weighted by Gasteiger charge is -2.31. The zero-order valence-electron chi connectivity index (χ0n) is 14.1. The van der Waals surface area contributed by atoms with Crippen molar-refractivity contribution in [1.82, 2.24) is 24.6 Å². The van der Waals surface area contributed by atoms with Gasteiger partial charge >= 0.3 is 0 Å². The number of piperidine rings is 1. The average molecular weight is 333 g/mol. The Bertz CT molecular complexity index is 644. The predicted molar refractivity (Wildman–Crippen MR) is 85.0 cm³/mol. The summed E-state index contributed by atoms with van der Waals surface area (Å²) in [5, 5.41) is 3.92. The number of ether oxygens (including phenoxy) is 1. The summed E-state index contributed by atoms with van der Waals surface area (Å²) in [4.78, 5) is 22.4. The molecule has 3 heterocycles. The molecule has 0 radical (unpaired) electrons. The third-order valence-corrected chi connectivity index (χ3v) is 4.11. The van der Waals surface area contributed by atoms with Crippen molar-refractivity contribution in [2.45, 2.75) is 51.9 Å². The molecule has 8 nitrogen and oxygen atoms in total. The second kappa shape index (κ2) is 7.57. The topological polar surface area (TPSA) is 86.3 Å². The fourth-order valence-electron chi connectivity index (χ4n) is 2.66. The number of hydrogen-bond donors (Lipinski definition) is 0. The summed E-state index contributed by atoms with van der Waals surface area (Å²) in [7, 11) is 0. The fraction of sp³-hybridized carbons (Fsp3) is 0.625. The second-order valence-electron chi connectivity index (χ2n) is 6.33. The van der Waals surface area contributed by atoms with Crippen LogP contribution in [0.5, 0.6) is 0 Å². The first kappa shape index (κ1) is 16.6. The van der Waals surface area contributed by atoms with Crippen LogP contribution in [0.1, 0.15) is 44.3 Å². The molecule has 2 aromatic heterocycles. The molecule has 1 amide bonds. The summed E-state index contributed by atoms with van der Waals surface area (Å²) in [6.07, 6.45) is 6.89. The van der Waals surface area contributed by atoms with Crippen LogP contribution in [-0.4, -0.2) is 49.7 Å². The van der Waals surface area contributed by atoms with E-state index in [0.29, 0.717) is 38.0 Å². The van der Waals surface area contributed by atoms with Crippen molar-refractivity contribution < 1.29 is 14.1 Å². The first-order chi connectivity index (χ1) is 11.6. The van der Waals surface area contributed by atoms with Crippen molar-refractivity contribution in [3.05, 3.63) is 30.4 Å². The number of carbonyl (C=O) groups excluding carboxylic acids is 1. The van der Waals surface area contributed by atoms with Crippen LogP contribution in [0, 0.1) is 0 Å². The van der Waals surface area contributed by atoms with E-state index < -0.39 is 0 Å². The summed E-state index contributed by atoms with van der Waals surface area (Å²) in [5.74, 6) is 1.57. The fourth-order valence-corrected chi connectivity index (χ4v) is 2.66.